The summed E-state index contributed by atoms with van der Waals surface area (Å²) in [5.74, 6) is 0.904. The van der Waals surface area contributed by atoms with Crippen molar-refractivity contribution in [2.45, 2.75) is 38.3 Å². The van der Waals surface area contributed by atoms with Gasteiger partial charge in [0, 0.05) is 12.6 Å². The van der Waals surface area contributed by atoms with Crippen LogP contribution in [0, 0.1) is 0 Å². The van der Waals surface area contributed by atoms with Gasteiger partial charge in [-0.25, -0.2) is 4.98 Å². The average molecular weight is 262 g/mol. The van der Waals surface area contributed by atoms with Crippen LogP contribution in [0.3, 0.4) is 0 Å². The van der Waals surface area contributed by atoms with Gasteiger partial charge in [-0.3, -0.25) is 0 Å². The molecule has 96 valence electrons. The van der Waals surface area contributed by atoms with Crippen molar-refractivity contribution in [3.8, 4) is 5.75 Å². The van der Waals surface area contributed by atoms with Crippen molar-refractivity contribution in [3.63, 3.8) is 0 Å². The largest absolute Gasteiger partial charge is 0.497 e. The zero-order chi connectivity index (χ0) is 12.4. The summed E-state index contributed by atoms with van der Waals surface area (Å²) in [5, 5.41) is 4.78. The Hall–Kier alpha value is -1.13. The molecule has 18 heavy (non-hydrogen) atoms. The van der Waals surface area contributed by atoms with Gasteiger partial charge in [0.05, 0.1) is 17.3 Å². The Morgan fingerprint density at radius 3 is 3.00 bits per heavy atom. The van der Waals surface area contributed by atoms with Crippen LogP contribution in [0.5, 0.6) is 5.75 Å². The molecule has 3 rings (SSSR count). The molecule has 0 spiro atoms. The van der Waals surface area contributed by atoms with Crippen LogP contribution in [0.2, 0.25) is 0 Å². The fourth-order valence-electron chi connectivity index (χ4n) is 2.52. The number of rotatable bonds is 4. The average Bonchev–Trinajstić information content (AvgIpc) is 3.04. The van der Waals surface area contributed by atoms with E-state index in [1.807, 2.05) is 12.1 Å². The van der Waals surface area contributed by atoms with E-state index in [1.54, 1.807) is 18.4 Å². The summed E-state index contributed by atoms with van der Waals surface area (Å²) in [5.41, 5.74) is 1.07. The molecule has 0 radical (unpaired) electrons. The normalized spacial score (nSPS) is 16.5. The molecule has 1 aliphatic rings. The van der Waals surface area contributed by atoms with Crippen LogP contribution < -0.4 is 10.1 Å². The summed E-state index contributed by atoms with van der Waals surface area (Å²) in [7, 11) is 1.70. The maximum Gasteiger partial charge on any atom is 0.120 e. The molecule has 0 amide bonds. The van der Waals surface area contributed by atoms with Gasteiger partial charge in [-0.15, -0.1) is 11.3 Å². The van der Waals surface area contributed by atoms with Crippen molar-refractivity contribution in [3.05, 3.63) is 23.2 Å². The number of hydrogen-bond donors (Lipinski definition) is 1. The summed E-state index contributed by atoms with van der Waals surface area (Å²) < 4.78 is 6.44. The van der Waals surface area contributed by atoms with Crippen LogP contribution in [0.15, 0.2) is 18.2 Å². The van der Waals surface area contributed by atoms with Crippen LogP contribution in [-0.4, -0.2) is 18.1 Å². The highest BCUT2D eigenvalue weighted by Crippen LogP contribution is 2.26. The Balaban J connectivity index is 1.72. The molecule has 0 aliphatic heterocycles. The zero-order valence-electron chi connectivity index (χ0n) is 10.6. The third-order valence-corrected chi connectivity index (χ3v) is 4.56. The minimum Gasteiger partial charge on any atom is -0.497 e. The fourth-order valence-corrected chi connectivity index (χ4v) is 3.46. The van der Waals surface area contributed by atoms with E-state index < -0.39 is 0 Å². The monoisotopic (exact) mass is 262 g/mol. The smallest absolute Gasteiger partial charge is 0.120 e. The molecule has 1 saturated carbocycles. The van der Waals surface area contributed by atoms with Gasteiger partial charge in [0.25, 0.3) is 0 Å². The lowest BCUT2D eigenvalue weighted by molar-refractivity contribution is 0.415. The van der Waals surface area contributed by atoms with Gasteiger partial charge in [0.2, 0.25) is 0 Å². The zero-order valence-corrected chi connectivity index (χ0v) is 11.4. The van der Waals surface area contributed by atoms with E-state index in [0.717, 1.165) is 17.8 Å². The quantitative estimate of drug-likeness (QED) is 0.917. The van der Waals surface area contributed by atoms with Crippen LogP contribution in [-0.2, 0) is 6.54 Å². The van der Waals surface area contributed by atoms with Gasteiger partial charge in [-0.05, 0) is 31.0 Å². The van der Waals surface area contributed by atoms with E-state index >= 15 is 0 Å². The number of methoxy groups -OCH3 is 1. The van der Waals surface area contributed by atoms with E-state index in [1.165, 1.54) is 35.4 Å². The van der Waals surface area contributed by atoms with E-state index in [9.17, 15) is 0 Å². The van der Waals surface area contributed by atoms with Gasteiger partial charge < -0.3 is 10.1 Å². The molecule has 4 heteroatoms. The molecule has 1 N–H and O–H groups in total. The maximum absolute atomic E-state index is 5.24. The lowest BCUT2D eigenvalue weighted by Gasteiger charge is -2.09. The second-order valence-electron chi connectivity index (χ2n) is 4.80. The van der Waals surface area contributed by atoms with Gasteiger partial charge in [0.1, 0.15) is 10.8 Å². The van der Waals surface area contributed by atoms with Crippen molar-refractivity contribution in [2.24, 2.45) is 0 Å². The van der Waals surface area contributed by atoms with Crippen molar-refractivity contribution >= 4 is 21.6 Å². The molecule has 1 heterocycles. The number of ether oxygens (including phenoxy) is 1. The third-order valence-electron chi connectivity index (χ3n) is 3.54. The molecule has 1 aromatic heterocycles. The lowest BCUT2D eigenvalue weighted by Crippen LogP contribution is -2.25. The number of aromatic nitrogens is 1. The highest BCUT2D eigenvalue weighted by molar-refractivity contribution is 7.18. The maximum atomic E-state index is 5.24. The Kier molecular flexibility index (Phi) is 3.48. The SMILES string of the molecule is COc1ccc2nc(CNC3CCCC3)sc2c1. The summed E-state index contributed by atoms with van der Waals surface area (Å²) in [4.78, 5) is 4.65. The van der Waals surface area contributed by atoms with E-state index in [0.29, 0.717) is 6.04 Å². The molecular formula is C14H18N2OS. The number of fused-ring (bicyclic) bond motifs is 1. The molecule has 0 bridgehead atoms. The number of hydrogen-bond acceptors (Lipinski definition) is 4. The first-order chi connectivity index (χ1) is 8.85. The van der Waals surface area contributed by atoms with Gasteiger partial charge in [-0.2, -0.15) is 0 Å². The molecule has 3 nitrogen and oxygen atoms in total. The molecule has 1 fully saturated rings. The summed E-state index contributed by atoms with van der Waals surface area (Å²) >= 11 is 1.76. The highest BCUT2D eigenvalue weighted by atomic mass is 32.1. The number of benzene rings is 1. The summed E-state index contributed by atoms with van der Waals surface area (Å²) in [6, 6.07) is 6.76. The van der Waals surface area contributed by atoms with Crippen molar-refractivity contribution in [1.82, 2.24) is 10.3 Å². The van der Waals surface area contributed by atoms with Crippen molar-refractivity contribution in [1.29, 1.82) is 0 Å². The van der Waals surface area contributed by atoms with E-state index in [4.69, 9.17) is 4.74 Å². The van der Waals surface area contributed by atoms with E-state index in [-0.39, 0.29) is 0 Å². The Labute approximate surface area is 111 Å². The van der Waals surface area contributed by atoms with Gasteiger partial charge in [0.15, 0.2) is 0 Å². The molecule has 1 aromatic carbocycles. The van der Waals surface area contributed by atoms with Crippen LogP contribution in [0.25, 0.3) is 10.2 Å². The van der Waals surface area contributed by atoms with Crippen LogP contribution in [0.1, 0.15) is 30.7 Å². The van der Waals surface area contributed by atoms with E-state index in [2.05, 4.69) is 16.4 Å². The molecule has 1 aliphatic carbocycles. The van der Waals surface area contributed by atoms with Crippen LogP contribution in [0.4, 0.5) is 0 Å². The summed E-state index contributed by atoms with van der Waals surface area (Å²) in [6.45, 7) is 0.895. The Bertz CT molecular complexity index is 532. The first kappa shape index (κ1) is 11.9. The molecule has 0 unspecified atom stereocenters. The molecule has 0 saturated heterocycles. The van der Waals surface area contributed by atoms with Crippen LogP contribution >= 0.6 is 11.3 Å². The molecule has 0 atom stereocenters. The second kappa shape index (κ2) is 5.24. The highest BCUT2D eigenvalue weighted by Gasteiger charge is 2.14. The second-order valence-corrected chi connectivity index (χ2v) is 5.92. The lowest BCUT2D eigenvalue weighted by atomic mass is 10.2. The Morgan fingerprint density at radius 1 is 1.39 bits per heavy atom. The minimum absolute atomic E-state index is 0.701. The van der Waals surface area contributed by atoms with Gasteiger partial charge in [-0.1, -0.05) is 12.8 Å². The molecule has 2 aromatic rings. The minimum atomic E-state index is 0.701. The van der Waals surface area contributed by atoms with Gasteiger partial charge >= 0.3 is 0 Å². The number of thiazole rings is 1. The standard InChI is InChI=1S/C14H18N2OS/c1-17-11-6-7-12-13(8-11)18-14(16-12)9-15-10-4-2-3-5-10/h6-8,10,15H,2-5,9H2,1H3. The summed E-state index contributed by atoms with van der Waals surface area (Å²) in [6.07, 6.45) is 5.38. The van der Waals surface area contributed by atoms with Crippen molar-refractivity contribution in [2.75, 3.05) is 7.11 Å². The predicted octanol–water partition coefficient (Wildman–Crippen LogP) is 3.34. The topological polar surface area (TPSA) is 34.1 Å². The van der Waals surface area contributed by atoms with Crippen molar-refractivity contribution < 1.29 is 4.74 Å². The number of nitrogens with one attached hydrogen (secondary N) is 1. The number of nitrogens with zero attached hydrogens (tertiary/aromatic N) is 1. The third kappa shape index (κ3) is 2.49. The Morgan fingerprint density at radius 2 is 2.22 bits per heavy atom. The first-order valence-corrected chi connectivity index (χ1v) is 7.33. The fraction of sp³-hybridized carbons (Fsp3) is 0.500. The first-order valence-electron chi connectivity index (χ1n) is 6.52. The molecular weight excluding hydrogens is 244 g/mol. The predicted molar refractivity (Wildman–Crippen MR) is 75.3 cm³/mol.